The second-order valence-corrected chi connectivity index (χ2v) is 6.85. The average molecular weight is 353 g/mol. The van der Waals surface area contributed by atoms with Gasteiger partial charge in [-0.05, 0) is 26.0 Å². The zero-order valence-corrected chi connectivity index (χ0v) is 15.2. The van der Waals surface area contributed by atoms with Crippen molar-refractivity contribution in [2.75, 3.05) is 26.2 Å². The third-order valence-corrected chi connectivity index (χ3v) is 4.65. The Hall–Kier alpha value is -2.51. The van der Waals surface area contributed by atoms with Gasteiger partial charge in [0, 0.05) is 37.8 Å². The quantitative estimate of drug-likeness (QED) is 0.698. The van der Waals surface area contributed by atoms with Crippen LogP contribution in [0.2, 0.25) is 0 Å². The van der Waals surface area contributed by atoms with E-state index >= 15 is 0 Å². The van der Waals surface area contributed by atoms with Crippen LogP contribution in [-0.4, -0.2) is 51.3 Å². The van der Waals surface area contributed by atoms with Crippen molar-refractivity contribution >= 4 is 0 Å². The first-order chi connectivity index (χ1) is 12.7. The Kier molecular flexibility index (Phi) is 4.81. The first-order valence-electron chi connectivity index (χ1n) is 8.92. The topological polar surface area (TPSA) is 71.4 Å². The number of benzene rings is 1. The molecule has 0 bridgehead atoms. The Morgan fingerprint density at radius 3 is 2.27 bits per heavy atom. The molecule has 2 aromatic heterocycles. The van der Waals surface area contributed by atoms with E-state index in [4.69, 9.17) is 8.94 Å². The number of aromatic nitrogens is 3. The smallest absolute Gasteiger partial charge is 0.247 e. The number of aryl methyl sites for hydroxylation is 2. The SMILES string of the molecule is Cc1ccc(-c2nnc(CN3CCN(Cc4cc(C)no4)CC3)o2)cc1. The first-order valence-corrected chi connectivity index (χ1v) is 8.92. The van der Waals surface area contributed by atoms with Crippen molar-refractivity contribution in [3.8, 4) is 11.5 Å². The lowest BCUT2D eigenvalue weighted by Gasteiger charge is -2.33. The first kappa shape index (κ1) is 16.9. The molecular weight excluding hydrogens is 330 g/mol. The van der Waals surface area contributed by atoms with Gasteiger partial charge in [0.2, 0.25) is 11.8 Å². The minimum absolute atomic E-state index is 0.583. The summed E-state index contributed by atoms with van der Waals surface area (Å²) in [7, 11) is 0. The molecule has 7 nitrogen and oxygen atoms in total. The van der Waals surface area contributed by atoms with Crippen molar-refractivity contribution in [2.45, 2.75) is 26.9 Å². The van der Waals surface area contributed by atoms with E-state index in [1.54, 1.807) is 0 Å². The third kappa shape index (κ3) is 4.00. The minimum Gasteiger partial charge on any atom is -0.419 e. The standard InChI is InChI=1S/C19H23N5O2/c1-14-3-5-16(6-4-14)19-21-20-18(25-19)13-24-9-7-23(8-10-24)12-17-11-15(2)22-26-17/h3-6,11H,7-10,12-13H2,1-2H3. The Morgan fingerprint density at radius 2 is 1.62 bits per heavy atom. The molecule has 0 N–H and O–H groups in total. The van der Waals surface area contributed by atoms with Crippen molar-refractivity contribution in [1.29, 1.82) is 0 Å². The highest BCUT2D eigenvalue weighted by Crippen LogP contribution is 2.19. The summed E-state index contributed by atoms with van der Waals surface area (Å²) >= 11 is 0. The molecule has 0 radical (unpaired) electrons. The van der Waals surface area contributed by atoms with Crippen LogP contribution in [0.15, 0.2) is 39.3 Å². The van der Waals surface area contributed by atoms with E-state index in [1.807, 2.05) is 25.1 Å². The van der Waals surface area contributed by atoms with Gasteiger partial charge in [-0.25, -0.2) is 0 Å². The lowest BCUT2D eigenvalue weighted by atomic mass is 10.1. The normalized spacial score (nSPS) is 16.2. The summed E-state index contributed by atoms with van der Waals surface area (Å²) in [5.74, 6) is 2.18. The van der Waals surface area contributed by atoms with E-state index in [0.717, 1.165) is 49.7 Å². The Morgan fingerprint density at radius 1 is 0.923 bits per heavy atom. The monoisotopic (exact) mass is 353 g/mol. The molecule has 1 aromatic carbocycles. The van der Waals surface area contributed by atoms with Crippen LogP contribution >= 0.6 is 0 Å². The van der Waals surface area contributed by atoms with Crippen LogP contribution < -0.4 is 0 Å². The molecule has 7 heteroatoms. The Labute approximate surface area is 152 Å². The molecule has 0 spiro atoms. The number of nitrogens with zero attached hydrogens (tertiary/aromatic N) is 5. The summed E-state index contributed by atoms with van der Waals surface area (Å²) in [4.78, 5) is 4.72. The van der Waals surface area contributed by atoms with E-state index in [2.05, 4.69) is 44.2 Å². The van der Waals surface area contributed by atoms with Gasteiger partial charge in [-0.3, -0.25) is 9.80 Å². The molecule has 3 heterocycles. The summed E-state index contributed by atoms with van der Waals surface area (Å²) in [5, 5.41) is 12.3. The van der Waals surface area contributed by atoms with Gasteiger partial charge in [-0.2, -0.15) is 0 Å². The van der Waals surface area contributed by atoms with Crippen molar-refractivity contribution in [2.24, 2.45) is 0 Å². The molecule has 0 unspecified atom stereocenters. The highest BCUT2D eigenvalue weighted by molar-refractivity contribution is 5.52. The second-order valence-electron chi connectivity index (χ2n) is 6.85. The fourth-order valence-electron chi connectivity index (χ4n) is 3.14. The van der Waals surface area contributed by atoms with E-state index in [1.165, 1.54) is 5.56 Å². The number of piperazine rings is 1. The third-order valence-electron chi connectivity index (χ3n) is 4.65. The number of hydrogen-bond donors (Lipinski definition) is 0. The van der Waals surface area contributed by atoms with Crippen LogP contribution in [-0.2, 0) is 13.1 Å². The molecule has 0 amide bonds. The summed E-state index contributed by atoms with van der Waals surface area (Å²) in [6.07, 6.45) is 0. The summed E-state index contributed by atoms with van der Waals surface area (Å²) in [5.41, 5.74) is 3.10. The molecule has 0 atom stereocenters. The molecule has 1 fully saturated rings. The van der Waals surface area contributed by atoms with E-state index in [-0.39, 0.29) is 0 Å². The maximum Gasteiger partial charge on any atom is 0.247 e. The van der Waals surface area contributed by atoms with Crippen molar-refractivity contribution < 1.29 is 8.94 Å². The lowest BCUT2D eigenvalue weighted by molar-refractivity contribution is 0.107. The zero-order valence-electron chi connectivity index (χ0n) is 15.2. The molecule has 0 saturated carbocycles. The molecule has 4 rings (SSSR count). The molecule has 1 aliphatic heterocycles. The highest BCUT2D eigenvalue weighted by atomic mass is 16.5. The largest absolute Gasteiger partial charge is 0.419 e. The molecule has 1 aliphatic rings. The van der Waals surface area contributed by atoms with Crippen LogP contribution in [0.5, 0.6) is 0 Å². The molecule has 26 heavy (non-hydrogen) atoms. The van der Waals surface area contributed by atoms with Crippen LogP contribution in [0.4, 0.5) is 0 Å². The summed E-state index contributed by atoms with van der Waals surface area (Å²) < 4.78 is 11.1. The predicted octanol–water partition coefficient (Wildman–Crippen LogP) is 2.66. The van der Waals surface area contributed by atoms with Crippen LogP contribution in [0.25, 0.3) is 11.5 Å². The molecular formula is C19H23N5O2. The fourth-order valence-corrected chi connectivity index (χ4v) is 3.14. The average Bonchev–Trinajstić information content (AvgIpc) is 3.26. The molecule has 3 aromatic rings. The maximum atomic E-state index is 5.84. The van der Waals surface area contributed by atoms with Crippen LogP contribution in [0.1, 0.15) is 22.9 Å². The van der Waals surface area contributed by atoms with E-state index in [0.29, 0.717) is 18.3 Å². The maximum absolute atomic E-state index is 5.84. The van der Waals surface area contributed by atoms with Gasteiger partial charge in [0.1, 0.15) is 0 Å². The van der Waals surface area contributed by atoms with Gasteiger partial charge in [0.15, 0.2) is 5.76 Å². The van der Waals surface area contributed by atoms with Gasteiger partial charge < -0.3 is 8.94 Å². The van der Waals surface area contributed by atoms with Crippen molar-refractivity contribution in [3.05, 3.63) is 53.2 Å². The molecule has 0 aliphatic carbocycles. The lowest BCUT2D eigenvalue weighted by Crippen LogP contribution is -2.45. The number of rotatable bonds is 5. The Balaban J connectivity index is 1.30. The van der Waals surface area contributed by atoms with E-state index < -0.39 is 0 Å². The van der Waals surface area contributed by atoms with Crippen LogP contribution in [0.3, 0.4) is 0 Å². The van der Waals surface area contributed by atoms with Gasteiger partial charge >= 0.3 is 0 Å². The van der Waals surface area contributed by atoms with Gasteiger partial charge in [0.25, 0.3) is 0 Å². The van der Waals surface area contributed by atoms with E-state index in [9.17, 15) is 0 Å². The van der Waals surface area contributed by atoms with Gasteiger partial charge in [-0.1, -0.05) is 22.9 Å². The summed E-state index contributed by atoms with van der Waals surface area (Å²) in [6, 6.07) is 10.1. The minimum atomic E-state index is 0.583. The van der Waals surface area contributed by atoms with Crippen molar-refractivity contribution in [3.63, 3.8) is 0 Å². The van der Waals surface area contributed by atoms with Gasteiger partial charge in [-0.15, -0.1) is 10.2 Å². The number of hydrogen-bond acceptors (Lipinski definition) is 7. The zero-order chi connectivity index (χ0) is 17.9. The van der Waals surface area contributed by atoms with Crippen LogP contribution in [0, 0.1) is 13.8 Å². The predicted molar refractivity (Wildman–Crippen MR) is 96.3 cm³/mol. The van der Waals surface area contributed by atoms with Gasteiger partial charge in [0.05, 0.1) is 18.8 Å². The second kappa shape index (κ2) is 7.39. The molecule has 1 saturated heterocycles. The van der Waals surface area contributed by atoms with Crippen molar-refractivity contribution in [1.82, 2.24) is 25.2 Å². The molecule has 136 valence electrons. The Bertz CT molecular complexity index is 847. The highest BCUT2D eigenvalue weighted by Gasteiger charge is 2.20. The fraction of sp³-hybridized carbons (Fsp3) is 0.421. The summed E-state index contributed by atoms with van der Waals surface area (Å²) in [6.45, 7) is 9.41.